The molecule has 0 bridgehead atoms. The molecular weight excluding hydrogens is 485 g/mol. The number of anilines is 2. The first-order valence-corrected chi connectivity index (χ1v) is 13.6. The van der Waals surface area contributed by atoms with Crippen molar-refractivity contribution in [3.63, 3.8) is 0 Å². The van der Waals surface area contributed by atoms with Gasteiger partial charge in [-0.3, -0.25) is 0 Å². The largest absolute Gasteiger partial charge is 0.420 e. The van der Waals surface area contributed by atoms with Crippen LogP contribution in [0, 0.1) is 0 Å². The van der Waals surface area contributed by atoms with Crippen molar-refractivity contribution in [3.8, 4) is 10.6 Å². The van der Waals surface area contributed by atoms with Crippen LogP contribution in [0.3, 0.4) is 0 Å². The zero-order valence-corrected chi connectivity index (χ0v) is 20.2. The number of hydrogen-bond donors (Lipinski definition) is 1. The van der Waals surface area contributed by atoms with Gasteiger partial charge in [-0.1, -0.05) is 6.07 Å². The molecule has 1 aliphatic heterocycles. The maximum atomic E-state index is 13.7. The van der Waals surface area contributed by atoms with Crippen LogP contribution in [0.4, 0.5) is 24.8 Å². The minimum Gasteiger partial charge on any atom is -0.324 e. The first-order chi connectivity index (χ1) is 16.0. The summed E-state index contributed by atoms with van der Waals surface area (Å²) in [5.41, 5.74) is 3.11. The molecule has 2 aliphatic rings. The van der Waals surface area contributed by atoms with Crippen LogP contribution in [-0.4, -0.2) is 43.1 Å². The van der Waals surface area contributed by atoms with Crippen LogP contribution in [0.25, 0.3) is 10.6 Å². The topological polar surface area (TPSA) is 75.2 Å². The van der Waals surface area contributed by atoms with E-state index in [-0.39, 0.29) is 21.4 Å². The molecule has 1 aromatic carbocycles. The second kappa shape index (κ2) is 8.31. The van der Waals surface area contributed by atoms with E-state index in [0.29, 0.717) is 5.92 Å². The third-order valence-corrected chi connectivity index (χ3v) is 8.35. The maximum absolute atomic E-state index is 13.7. The Morgan fingerprint density at radius 3 is 2.59 bits per heavy atom. The molecular formula is C23H23F3N4O2S2. The van der Waals surface area contributed by atoms with Gasteiger partial charge in [-0.15, -0.1) is 11.3 Å². The van der Waals surface area contributed by atoms with Gasteiger partial charge in [0.05, 0.1) is 15.5 Å². The summed E-state index contributed by atoms with van der Waals surface area (Å²) in [6.07, 6.45) is 0.143. The zero-order valence-electron chi connectivity index (χ0n) is 18.6. The van der Waals surface area contributed by atoms with Crippen LogP contribution >= 0.6 is 11.3 Å². The molecule has 3 aromatic rings. The highest BCUT2D eigenvalue weighted by Crippen LogP contribution is 2.46. The molecule has 6 nitrogen and oxygen atoms in total. The van der Waals surface area contributed by atoms with Gasteiger partial charge in [0.1, 0.15) is 5.56 Å². The average Bonchev–Trinajstić information content (AvgIpc) is 3.46. The Hall–Kier alpha value is -2.50. The molecule has 0 spiro atoms. The Bertz CT molecular complexity index is 1370. The average molecular weight is 509 g/mol. The highest BCUT2D eigenvalue weighted by atomic mass is 32.2. The fraction of sp³-hybridized carbons (Fsp3) is 0.391. The molecule has 5 rings (SSSR count). The molecule has 1 saturated carbocycles. The van der Waals surface area contributed by atoms with E-state index >= 15 is 0 Å². The number of aromatic nitrogens is 2. The van der Waals surface area contributed by atoms with Crippen molar-refractivity contribution in [2.45, 2.75) is 42.8 Å². The smallest absolute Gasteiger partial charge is 0.324 e. The number of thiophene rings is 1. The Morgan fingerprint density at radius 1 is 1.18 bits per heavy atom. The number of alkyl halides is 3. The van der Waals surface area contributed by atoms with Gasteiger partial charge in [0.25, 0.3) is 0 Å². The Labute approximate surface area is 199 Å². The van der Waals surface area contributed by atoms with Crippen molar-refractivity contribution in [3.05, 3.63) is 52.0 Å². The van der Waals surface area contributed by atoms with E-state index in [0.717, 1.165) is 67.4 Å². The number of fused-ring (bicyclic) bond motifs is 1. The lowest BCUT2D eigenvalue weighted by Gasteiger charge is -2.27. The van der Waals surface area contributed by atoms with E-state index in [4.69, 9.17) is 0 Å². The molecule has 0 unspecified atom stereocenters. The van der Waals surface area contributed by atoms with Gasteiger partial charge in [0.15, 0.2) is 9.84 Å². The molecule has 0 radical (unpaired) electrons. The minimum absolute atomic E-state index is 0.0376. The summed E-state index contributed by atoms with van der Waals surface area (Å²) in [5.74, 6) is 0.468. The molecule has 11 heteroatoms. The number of likely N-dealkylation sites (N-methyl/N-ethyl adjacent to an activating group) is 1. The SMILES string of the molecule is CN1CCc2cc(Nc3ncc(C(F)(F)F)c(-c4cc(S(C)(=O)=O)cs4)n3)c(C3CC3)cc2C1. The van der Waals surface area contributed by atoms with E-state index in [1.54, 1.807) is 0 Å². The van der Waals surface area contributed by atoms with E-state index in [1.165, 1.54) is 22.6 Å². The Morgan fingerprint density at radius 2 is 1.94 bits per heavy atom. The lowest BCUT2D eigenvalue weighted by molar-refractivity contribution is -0.137. The highest BCUT2D eigenvalue weighted by Gasteiger charge is 2.36. The Kier molecular flexibility index (Phi) is 5.69. The van der Waals surface area contributed by atoms with Gasteiger partial charge in [-0.25, -0.2) is 18.4 Å². The van der Waals surface area contributed by atoms with Crippen LogP contribution in [0.15, 0.2) is 34.7 Å². The molecule has 180 valence electrons. The van der Waals surface area contributed by atoms with Crippen molar-refractivity contribution in [1.29, 1.82) is 0 Å². The van der Waals surface area contributed by atoms with Crippen LogP contribution in [-0.2, 0) is 29.0 Å². The molecule has 0 atom stereocenters. The van der Waals surface area contributed by atoms with Crippen molar-refractivity contribution in [2.75, 3.05) is 25.2 Å². The first-order valence-electron chi connectivity index (χ1n) is 10.8. The molecule has 2 aromatic heterocycles. The summed E-state index contributed by atoms with van der Waals surface area (Å²) in [5, 5.41) is 4.49. The third-order valence-electron chi connectivity index (χ3n) is 6.17. The normalized spacial score (nSPS) is 17.0. The number of hydrogen-bond acceptors (Lipinski definition) is 7. The third kappa shape index (κ3) is 4.69. The fourth-order valence-electron chi connectivity index (χ4n) is 4.21. The van der Waals surface area contributed by atoms with Gasteiger partial charge in [-0.2, -0.15) is 13.2 Å². The quantitative estimate of drug-likeness (QED) is 0.508. The summed E-state index contributed by atoms with van der Waals surface area (Å²) in [7, 11) is -1.46. The molecule has 34 heavy (non-hydrogen) atoms. The minimum atomic E-state index is -4.68. The maximum Gasteiger partial charge on any atom is 0.420 e. The van der Waals surface area contributed by atoms with E-state index in [2.05, 4.69) is 39.4 Å². The van der Waals surface area contributed by atoms with Crippen molar-refractivity contribution in [2.24, 2.45) is 0 Å². The number of benzene rings is 1. The summed E-state index contributed by atoms with van der Waals surface area (Å²) in [6.45, 7) is 1.81. The lowest BCUT2D eigenvalue weighted by Crippen LogP contribution is -2.26. The summed E-state index contributed by atoms with van der Waals surface area (Å²) < 4.78 is 64.8. The van der Waals surface area contributed by atoms with Crippen LogP contribution in [0.2, 0.25) is 0 Å². The van der Waals surface area contributed by atoms with Crippen LogP contribution in [0.5, 0.6) is 0 Å². The highest BCUT2D eigenvalue weighted by molar-refractivity contribution is 7.90. The van der Waals surface area contributed by atoms with Gasteiger partial charge in [0, 0.05) is 36.6 Å². The lowest BCUT2D eigenvalue weighted by atomic mass is 9.94. The number of rotatable bonds is 5. The molecule has 1 aliphatic carbocycles. The summed E-state index contributed by atoms with van der Waals surface area (Å²) >= 11 is 0.910. The monoisotopic (exact) mass is 508 g/mol. The van der Waals surface area contributed by atoms with Gasteiger partial charge < -0.3 is 10.2 Å². The number of sulfone groups is 1. The predicted octanol–water partition coefficient (Wildman–Crippen LogP) is 5.24. The number of halogens is 3. The Balaban J connectivity index is 1.56. The van der Waals surface area contributed by atoms with E-state index in [1.807, 2.05) is 0 Å². The van der Waals surface area contributed by atoms with Gasteiger partial charge in [0.2, 0.25) is 5.95 Å². The second-order valence-electron chi connectivity index (χ2n) is 8.97. The first kappa shape index (κ1) is 23.3. The van der Waals surface area contributed by atoms with Gasteiger partial charge in [-0.05, 0) is 61.1 Å². The summed E-state index contributed by atoms with van der Waals surface area (Å²) in [6, 6.07) is 5.50. The molecule has 0 amide bonds. The second-order valence-corrected chi connectivity index (χ2v) is 11.9. The molecule has 1 N–H and O–H groups in total. The summed E-state index contributed by atoms with van der Waals surface area (Å²) in [4.78, 5) is 10.5. The van der Waals surface area contributed by atoms with E-state index in [9.17, 15) is 21.6 Å². The van der Waals surface area contributed by atoms with Crippen molar-refractivity contribution in [1.82, 2.24) is 14.9 Å². The standard InChI is InChI=1S/C23H23F3N4O2S2/c1-30-6-5-14-8-19(17(13-3-4-13)7-15(14)11-30)28-22-27-10-18(23(24,25)26)21(29-22)20-9-16(12-33-20)34(2,31)32/h7-10,12-13H,3-6,11H2,1-2H3,(H,27,28,29). The zero-order chi connectivity index (χ0) is 24.3. The van der Waals surface area contributed by atoms with Crippen molar-refractivity contribution >= 4 is 32.8 Å². The van der Waals surface area contributed by atoms with E-state index < -0.39 is 21.6 Å². The number of nitrogens with one attached hydrogen (secondary N) is 1. The predicted molar refractivity (Wildman–Crippen MR) is 125 cm³/mol. The van der Waals surface area contributed by atoms with Crippen LogP contribution < -0.4 is 5.32 Å². The molecule has 3 heterocycles. The fourth-order valence-corrected chi connectivity index (χ4v) is 6.23. The molecule has 0 saturated heterocycles. The van der Waals surface area contributed by atoms with Crippen LogP contribution in [0.1, 0.15) is 41.0 Å². The van der Waals surface area contributed by atoms with Gasteiger partial charge >= 0.3 is 6.18 Å². The molecule has 1 fully saturated rings. The number of nitrogens with zero attached hydrogens (tertiary/aromatic N) is 3. The van der Waals surface area contributed by atoms with Crippen molar-refractivity contribution < 1.29 is 21.6 Å².